The molecule has 2 aromatic rings. The van der Waals surface area contributed by atoms with E-state index in [9.17, 15) is 9.59 Å². The number of carbonyl (C=O) groups is 2. The van der Waals surface area contributed by atoms with Crippen LogP contribution in [0.25, 0.3) is 0 Å². The molecule has 5 heteroatoms. The fraction of sp³-hybridized carbons (Fsp3) is 0.222. The Labute approximate surface area is 134 Å². The number of imide groups is 1. The molecule has 3 rings (SSSR count). The van der Waals surface area contributed by atoms with Gasteiger partial charge in [-0.25, -0.2) is 9.69 Å². The zero-order chi connectivity index (χ0) is 16.1. The molecule has 2 amide bonds. The van der Waals surface area contributed by atoms with Crippen LogP contribution in [0.2, 0.25) is 0 Å². The van der Waals surface area contributed by atoms with E-state index in [0.29, 0.717) is 12.2 Å². The Hall–Kier alpha value is -2.82. The summed E-state index contributed by atoms with van der Waals surface area (Å²) < 4.78 is 10.5. The van der Waals surface area contributed by atoms with Gasteiger partial charge in [-0.05, 0) is 24.1 Å². The van der Waals surface area contributed by atoms with Gasteiger partial charge in [0.1, 0.15) is 12.4 Å². The SMILES string of the molecule is O=C(COc1ccccc1)N1C(=O)OCC1Cc1ccccc1. The summed E-state index contributed by atoms with van der Waals surface area (Å²) in [5, 5.41) is 0. The highest BCUT2D eigenvalue weighted by atomic mass is 16.6. The molecule has 0 saturated carbocycles. The van der Waals surface area contributed by atoms with E-state index in [0.717, 1.165) is 10.5 Å². The molecular formula is C18H17NO4. The third-order valence-electron chi connectivity index (χ3n) is 3.65. The Balaban J connectivity index is 1.63. The zero-order valence-corrected chi connectivity index (χ0v) is 12.6. The number of rotatable bonds is 5. The monoisotopic (exact) mass is 311 g/mol. The van der Waals surface area contributed by atoms with E-state index in [2.05, 4.69) is 0 Å². The van der Waals surface area contributed by atoms with Gasteiger partial charge in [0.05, 0.1) is 6.04 Å². The lowest BCUT2D eigenvalue weighted by Gasteiger charge is -2.19. The molecule has 2 aromatic carbocycles. The molecule has 0 aromatic heterocycles. The summed E-state index contributed by atoms with van der Waals surface area (Å²) in [6.45, 7) is 0.0230. The number of nitrogens with zero attached hydrogens (tertiary/aromatic N) is 1. The first-order valence-electron chi connectivity index (χ1n) is 7.44. The molecule has 0 aliphatic carbocycles. The number of carbonyl (C=O) groups excluding carboxylic acids is 2. The third-order valence-corrected chi connectivity index (χ3v) is 3.65. The predicted molar refractivity (Wildman–Crippen MR) is 84.1 cm³/mol. The average Bonchev–Trinajstić information content (AvgIpc) is 2.95. The molecule has 0 N–H and O–H groups in total. The molecule has 1 aliphatic rings. The minimum Gasteiger partial charge on any atom is -0.484 e. The average molecular weight is 311 g/mol. The van der Waals surface area contributed by atoms with Crippen molar-refractivity contribution < 1.29 is 19.1 Å². The van der Waals surface area contributed by atoms with Gasteiger partial charge in [-0.1, -0.05) is 48.5 Å². The molecule has 1 saturated heterocycles. The molecule has 1 heterocycles. The van der Waals surface area contributed by atoms with Gasteiger partial charge in [0.2, 0.25) is 0 Å². The van der Waals surface area contributed by atoms with Gasteiger partial charge in [0.15, 0.2) is 6.61 Å². The van der Waals surface area contributed by atoms with Crippen LogP contribution in [0.4, 0.5) is 4.79 Å². The van der Waals surface area contributed by atoms with Gasteiger partial charge in [0.25, 0.3) is 5.91 Å². The number of benzene rings is 2. The first-order chi connectivity index (χ1) is 11.2. The standard InChI is InChI=1S/C18H17NO4/c20-17(13-22-16-9-5-2-6-10-16)19-15(12-23-18(19)21)11-14-7-3-1-4-8-14/h1-10,15H,11-13H2. The smallest absolute Gasteiger partial charge is 0.417 e. The van der Waals surface area contributed by atoms with Gasteiger partial charge >= 0.3 is 6.09 Å². The number of cyclic esters (lactones) is 1. The van der Waals surface area contributed by atoms with Crippen molar-refractivity contribution in [1.82, 2.24) is 4.90 Å². The maximum atomic E-state index is 12.3. The fourth-order valence-corrected chi connectivity index (χ4v) is 2.53. The molecule has 0 bridgehead atoms. The van der Waals surface area contributed by atoms with Gasteiger partial charge in [-0.15, -0.1) is 0 Å². The highest BCUT2D eigenvalue weighted by molar-refractivity contribution is 5.94. The van der Waals surface area contributed by atoms with Crippen molar-refractivity contribution >= 4 is 12.0 Å². The van der Waals surface area contributed by atoms with Crippen LogP contribution in [0.3, 0.4) is 0 Å². The summed E-state index contributed by atoms with van der Waals surface area (Å²) in [6.07, 6.45) is -0.0310. The van der Waals surface area contributed by atoms with Crippen LogP contribution in [-0.2, 0) is 16.0 Å². The van der Waals surface area contributed by atoms with E-state index < -0.39 is 12.0 Å². The molecule has 0 spiro atoms. The second-order valence-electron chi connectivity index (χ2n) is 5.29. The van der Waals surface area contributed by atoms with Crippen LogP contribution in [0.5, 0.6) is 5.75 Å². The minimum absolute atomic E-state index is 0.190. The van der Waals surface area contributed by atoms with Gasteiger partial charge in [-0.3, -0.25) is 4.79 Å². The van der Waals surface area contributed by atoms with E-state index in [1.807, 2.05) is 48.5 Å². The normalized spacial score (nSPS) is 17.0. The van der Waals surface area contributed by atoms with Crippen LogP contribution in [-0.4, -0.2) is 36.2 Å². The predicted octanol–water partition coefficient (Wildman–Crippen LogP) is 2.66. The first kappa shape index (κ1) is 15.1. The Kier molecular flexibility index (Phi) is 4.57. The largest absolute Gasteiger partial charge is 0.484 e. The fourth-order valence-electron chi connectivity index (χ4n) is 2.53. The highest BCUT2D eigenvalue weighted by Gasteiger charge is 2.37. The molecule has 118 valence electrons. The van der Waals surface area contributed by atoms with Crippen LogP contribution in [0.1, 0.15) is 5.56 Å². The molecule has 1 unspecified atom stereocenters. The van der Waals surface area contributed by atoms with E-state index in [-0.39, 0.29) is 19.3 Å². The Morgan fingerprint density at radius 1 is 1.09 bits per heavy atom. The topological polar surface area (TPSA) is 55.8 Å². The van der Waals surface area contributed by atoms with E-state index in [1.54, 1.807) is 12.1 Å². The number of ether oxygens (including phenoxy) is 2. The zero-order valence-electron chi connectivity index (χ0n) is 12.6. The van der Waals surface area contributed by atoms with Crippen molar-refractivity contribution in [3.05, 3.63) is 66.2 Å². The lowest BCUT2D eigenvalue weighted by molar-refractivity contribution is -0.131. The Bertz CT molecular complexity index is 672. The van der Waals surface area contributed by atoms with Gasteiger partial charge in [-0.2, -0.15) is 0 Å². The molecule has 23 heavy (non-hydrogen) atoms. The molecular weight excluding hydrogens is 294 g/mol. The minimum atomic E-state index is -0.604. The maximum absolute atomic E-state index is 12.3. The summed E-state index contributed by atoms with van der Waals surface area (Å²) >= 11 is 0. The van der Waals surface area contributed by atoms with Crippen molar-refractivity contribution in [2.24, 2.45) is 0 Å². The second kappa shape index (κ2) is 6.96. The van der Waals surface area contributed by atoms with E-state index >= 15 is 0 Å². The van der Waals surface area contributed by atoms with E-state index in [1.165, 1.54) is 0 Å². The number of para-hydroxylation sites is 1. The summed E-state index contributed by atoms with van der Waals surface area (Å²) in [5.74, 6) is 0.199. The van der Waals surface area contributed by atoms with Crippen molar-refractivity contribution in [1.29, 1.82) is 0 Å². The lowest BCUT2D eigenvalue weighted by Crippen LogP contribution is -2.42. The maximum Gasteiger partial charge on any atom is 0.417 e. The summed E-state index contributed by atoms with van der Waals surface area (Å²) in [4.78, 5) is 25.3. The quantitative estimate of drug-likeness (QED) is 0.852. The molecule has 1 atom stereocenters. The van der Waals surface area contributed by atoms with Crippen molar-refractivity contribution in [2.75, 3.05) is 13.2 Å². The molecule has 1 aliphatic heterocycles. The summed E-state index contributed by atoms with van der Waals surface area (Å²) in [7, 11) is 0. The summed E-state index contributed by atoms with van der Waals surface area (Å²) in [6, 6.07) is 18.4. The Morgan fingerprint density at radius 3 is 2.43 bits per heavy atom. The van der Waals surface area contributed by atoms with Crippen LogP contribution < -0.4 is 4.74 Å². The van der Waals surface area contributed by atoms with E-state index in [4.69, 9.17) is 9.47 Å². The van der Waals surface area contributed by atoms with Gasteiger partial charge in [0, 0.05) is 0 Å². The molecule has 0 radical (unpaired) electrons. The number of hydrogen-bond acceptors (Lipinski definition) is 4. The van der Waals surface area contributed by atoms with Crippen molar-refractivity contribution in [2.45, 2.75) is 12.5 Å². The first-order valence-corrected chi connectivity index (χ1v) is 7.44. The lowest BCUT2D eigenvalue weighted by atomic mass is 10.1. The van der Waals surface area contributed by atoms with Crippen LogP contribution >= 0.6 is 0 Å². The van der Waals surface area contributed by atoms with Crippen molar-refractivity contribution in [3.8, 4) is 5.75 Å². The summed E-state index contributed by atoms with van der Waals surface area (Å²) in [5.41, 5.74) is 1.05. The van der Waals surface area contributed by atoms with Crippen LogP contribution in [0, 0.1) is 0 Å². The molecule has 1 fully saturated rings. The highest BCUT2D eigenvalue weighted by Crippen LogP contribution is 2.18. The van der Waals surface area contributed by atoms with Crippen molar-refractivity contribution in [3.63, 3.8) is 0 Å². The van der Waals surface area contributed by atoms with Gasteiger partial charge < -0.3 is 9.47 Å². The third kappa shape index (κ3) is 3.69. The Morgan fingerprint density at radius 2 is 1.74 bits per heavy atom. The number of amides is 2. The number of hydrogen-bond donors (Lipinski definition) is 0. The molecule has 5 nitrogen and oxygen atoms in total. The second-order valence-corrected chi connectivity index (χ2v) is 5.29. The van der Waals surface area contributed by atoms with Crippen LogP contribution in [0.15, 0.2) is 60.7 Å².